The van der Waals surface area contributed by atoms with Crippen LogP contribution in [0.3, 0.4) is 0 Å². The summed E-state index contributed by atoms with van der Waals surface area (Å²) in [7, 11) is 3.50. The highest BCUT2D eigenvalue weighted by Gasteiger charge is 2.21. The first-order valence-electron chi connectivity index (χ1n) is 9.56. The maximum absolute atomic E-state index is 5.78. The average Bonchev–Trinajstić information content (AvgIpc) is 2.63. The third kappa shape index (κ3) is 7.22. The monoisotopic (exact) mass is 362 g/mol. The lowest BCUT2D eigenvalue weighted by Gasteiger charge is -2.35. The zero-order chi connectivity index (χ0) is 18.8. The molecule has 6 nitrogen and oxygen atoms in total. The first kappa shape index (κ1) is 20.5. The van der Waals surface area contributed by atoms with Crippen molar-refractivity contribution >= 4 is 5.96 Å². The molecule has 1 aromatic rings. The Morgan fingerprint density at radius 3 is 2.42 bits per heavy atom. The fraction of sp³-hybridized carbons (Fsp3) is 0.650. The lowest BCUT2D eigenvalue weighted by atomic mass is 10.1. The molecule has 0 aliphatic carbocycles. The summed E-state index contributed by atoms with van der Waals surface area (Å²) in [5, 5.41) is 6.77. The van der Waals surface area contributed by atoms with Gasteiger partial charge in [-0.25, -0.2) is 0 Å². The molecule has 26 heavy (non-hydrogen) atoms. The van der Waals surface area contributed by atoms with Crippen LogP contribution in [0, 0.1) is 0 Å². The summed E-state index contributed by atoms with van der Waals surface area (Å²) < 4.78 is 11.0. The van der Waals surface area contributed by atoms with E-state index in [4.69, 9.17) is 9.47 Å². The van der Waals surface area contributed by atoms with Crippen LogP contribution in [0.25, 0.3) is 0 Å². The summed E-state index contributed by atoms with van der Waals surface area (Å²) >= 11 is 0. The van der Waals surface area contributed by atoms with Gasteiger partial charge in [-0.1, -0.05) is 12.1 Å². The van der Waals surface area contributed by atoms with Crippen molar-refractivity contribution in [1.29, 1.82) is 0 Å². The van der Waals surface area contributed by atoms with Crippen LogP contribution in [-0.4, -0.2) is 69.9 Å². The molecule has 0 radical (unpaired) electrons. The molecule has 146 valence electrons. The number of morpholine rings is 1. The zero-order valence-corrected chi connectivity index (χ0v) is 16.6. The second-order valence-electron chi connectivity index (χ2n) is 6.89. The molecule has 0 bridgehead atoms. The van der Waals surface area contributed by atoms with Gasteiger partial charge in [0.25, 0.3) is 0 Å². The third-order valence-electron chi connectivity index (χ3n) is 4.53. The Kier molecular flexibility index (Phi) is 8.71. The molecule has 1 fully saturated rings. The number of rotatable bonds is 8. The van der Waals surface area contributed by atoms with Crippen molar-refractivity contribution in [2.45, 2.75) is 38.9 Å². The van der Waals surface area contributed by atoms with Crippen LogP contribution >= 0.6 is 0 Å². The van der Waals surface area contributed by atoms with Crippen LogP contribution in [0.2, 0.25) is 0 Å². The van der Waals surface area contributed by atoms with E-state index in [1.165, 1.54) is 5.56 Å². The first-order chi connectivity index (χ1) is 12.6. The maximum atomic E-state index is 5.78. The highest BCUT2D eigenvalue weighted by atomic mass is 16.5. The van der Waals surface area contributed by atoms with Crippen LogP contribution in [-0.2, 0) is 11.2 Å². The molecule has 1 aliphatic rings. The molecule has 2 rings (SSSR count). The second-order valence-corrected chi connectivity index (χ2v) is 6.89. The fourth-order valence-corrected chi connectivity index (χ4v) is 3.31. The Balaban J connectivity index is 1.60. The summed E-state index contributed by atoms with van der Waals surface area (Å²) in [6.07, 6.45) is 2.71. The number of ether oxygens (including phenoxy) is 2. The highest BCUT2D eigenvalue weighted by Crippen LogP contribution is 2.11. The highest BCUT2D eigenvalue weighted by molar-refractivity contribution is 5.79. The molecule has 2 N–H and O–H groups in total. The Hall–Kier alpha value is -1.79. The van der Waals surface area contributed by atoms with Crippen molar-refractivity contribution in [3.05, 3.63) is 29.8 Å². The quantitative estimate of drug-likeness (QED) is 0.420. The van der Waals surface area contributed by atoms with Crippen molar-refractivity contribution in [3.63, 3.8) is 0 Å². The van der Waals surface area contributed by atoms with Gasteiger partial charge in [0.1, 0.15) is 5.75 Å². The molecule has 1 saturated heterocycles. The number of nitrogens with one attached hydrogen (secondary N) is 2. The van der Waals surface area contributed by atoms with Crippen LogP contribution < -0.4 is 15.4 Å². The number of nitrogens with zero attached hydrogens (tertiary/aromatic N) is 2. The van der Waals surface area contributed by atoms with Gasteiger partial charge in [0, 0.05) is 39.8 Å². The van der Waals surface area contributed by atoms with Crippen molar-refractivity contribution < 1.29 is 9.47 Å². The van der Waals surface area contributed by atoms with Gasteiger partial charge in [-0.05, 0) is 44.4 Å². The Bertz CT molecular complexity index is 537. The SMILES string of the molecule is CN=C(NCCCN1CC(C)OC(C)C1)NCCc1ccc(OC)cc1. The van der Waals surface area contributed by atoms with Crippen molar-refractivity contribution in [3.8, 4) is 5.75 Å². The first-order valence-corrected chi connectivity index (χ1v) is 9.56. The van der Waals surface area contributed by atoms with Crippen molar-refractivity contribution in [1.82, 2.24) is 15.5 Å². The smallest absolute Gasteiger partial charge is 0.190 e. The third-order valence-corrected chi connectivity index (χ3v) is 4.53. The van der Waals surface area contributed by atoms with E-state index in [0.717, 1.165) is 57.3 Å². The van der Waals surface area contributed by atoms with Gasteiger partial charge in [0.05, 0.1) is 19.3 Å². The topological polar surface area (TPSA) is 58.1 Å². The standard InChI is InChI=1S/C20H34N4O2/c1-16-14-24(15-17(2)26-16)13-5-11-22-20(21-3)23-12-10-18-6-8-19(25-4)9-7-18/h6-9,16-17H,5,10-15H2,1-4H3,(H2,21,22,23). The van der Waals surface area contributed by atoms with Crippen LogP contribution in [0.4, 0.5) is 0 Å². The van der Waals surface area contributed by atoms with Crippen LogP contribution in [0.1, 0.15) is 25.8 Å². The number of benzene rings is 1. The molecule has 1 aromatic carbocycles. The molecule has 6 heteroatoms. The van der Waals surface area contributed by atoms with Crippen molar-refractivity contribution in [2.24, 2.45) is 4.99 Å². The molecule has 0 spiro atoms. The summed E-state index contributed by atoms with van der Waals surface area (Å²) in [6, 6.07) is 8.19. The number of methoxy groups -OCH3 is 1. The maximum Gasteiger partial charge on any atom is 0.190 e. The summed E-state index contributed by atoms with van der Waals surface area (Å²) in [4.78, 5) is 6.78. The number of hydrogen-bond acceptors (Lipinski definition) is 4. The summed E-state index contributed by atoms with van der Waals surface area (Å²) in [5.74, 6) is 1.76. The number of guanidine groups is 1. The second kappa shape index (κ2) is 11.0. The minimum absolute atomic E-state index is 0.332. The van der Waals surface area contributed by atoms with Crippen LogP contribution in [0.15, 0.2) is 29.3 Å². The van der Waals surface area contributed by atoms with E-state index >= 15 is 0 Å². The van der Waals surface area contributed by atoms with E-state index in [-0.39, 0.29) is 0 Å². The molecule has 0 saturated carbocycles. The Morgan fingerprint density at radius 2 is 1.81 bits per heavy atom. The van der Waals surface area contributed by atoms with E-state index in [0.29, 0.717) is 12.2 Å². The molecule has 0 aromatic heterocycles. The minimum atomic E-state index is 0.332. The normalized spacial score (nSPS) is 21.5. The predicted octanol–water partition coefficient (Wildman–Crippen LogP) is 1.90. The van der Waals surface area contributed by atoms with E-state index in [2.05, 4.69) is 46.5 Å². The average molecular weight is 363 g/mol. The van der Waals surface area contributed by atoms with Crippen molar-refractivity contribution in [2.75, 3.05) is 46.9 Å². The van der Waals surface area contributed by atoms with Gasteiger partial charge in [-0.2, -0.15) is 0 Å². The molecule has 2 atom stereocenters. The fourth-order valence-electron chi connectivity index (χ4n) is 3.31. The molecule has 2 unspecified atom stereocenters. The van der Waals surface area contributed by atoms with Gasteiger partial charge >= 0.3 is 0 Å². The van der Waals surface area contributed by atoms with Crippen LogP contribution in [0.5, 0.6) is 5.75 Å². The van der Waals surface area contributed by atoms with E-state index in [1.54, 1.807) is 7.11 Å². The van der Waals surface area contributed by atoms with Gasteiger partial charge in [0.15, 0.2) is 5.96 Å². The Morgan fingerprint density at radius 1 is 1.15 bits per heavy atom. The van der Waals surface area contributed by atoms with E-state index < -0.39 is 0 Å². The molecule has 1 aliphatic heterocycles. The summed E-state index contributed by atoms with van der Waals surface area (Å²) in [5.41, 5.74) is 1.28. The van der Waals surface area contributed by atoms with Gasteiger partial charge in [-0.15, -0.1) is 0 Å². The minimum Gasteiger partial charge on any atom is -0.497 e. The lowest BCUT2D eigenvalue weighted by molar-refractivity contribution is -0.0679. The van der Waals surface area contributed by atoms with Gasteiger partial charge < -0.3 is 20.1 Å². The molecular weight excluding hydrogens is 328 g/mol. The lowest BCUT2D eigenvalue weighted by Crippen LogP contribution is -2.46. The molecule has 0 amide bonds. The number of hydrogen-bond donors (Lipinski definition) is 2. The molecule has 1 heterocycles. The van der Waals surface area contributed by atoms with Gasteiger partial charge in [0.2, 0.25) is 0 Å². The molecular formula is C20H34N4O2. The Labute approximate surface area is 158 Å². The summed E-state index contributed by atoms with van der Waals surface area (Å²) in [6.45, 7) is 9.21. The van der Waals surface area contributed by atoms with Gasteiger partial charge in [-0.3, -0.25) is 9.89 Å². The number of aliphatic imine (C=N–C) groups is 1. The largest absolute Gasteiger partial charge is 0.497 e. The zero-order valence-electron chi connectivity index (χ0n) is 16.6. The predicted molar refractivity (Wildman–Crippen MR) is 107 cm³/mol. The van der Waals surface area contributed by atoms with E-state index in [9.17, 15) is 0 Å². The van der Waals surface area contributed by atoms with E-state index in [1.807, 2.05) is 19.2 Å².